The van der Waals surface area contributed by atoms with E-state index in [9.17, 15) is 4.79 Å². The number of fused-ring (bicyclic) bond motifs is 1. The predicted octanol–water partition coefficient (Wildman–Crippen LogP) is 4.80. The fourth-order valence-electron chi connectivity index (χ4n) is 4.03. The van der Waals surface area contributed by atoms with Crippen LogP contribution in [-0.2, 0) is 0 Å². The largest absolute Gasteiger partial charge is 0.495 e. The molecule has 1 aliphatic rings. The molecule has 2 aromatic carbocycles. The first-order valence-electron chi connectivity index (χ1n) is 10.1. The number of rotatable bonds is 4. The first-order chi connectivity index (χ1) is 13.7. The van der Waals surface area contributed by atoms with Crippen molar-refractivity contribution in [3.63, 3.8) is 0 Å². The number of imidazole rings is 1. The third-order valence-corrected chi connectivity index (χ3v) is 5.59. The lowest BCUT2D eigenvalue weighted by atomic mass is 10.1. The molecular formula is C23H27N3O2. The second kappa shape index (κ2) is 8.05. The van der Waals surface area contributed by atoms with E-state index in [4.69, 9.17) is 4.74 Å². The Balaban J connectivity index is 1.61. The van der Waals surface area contributed by atoms with Crippen LogP contribution in [0.4, 0.5) is 0 Å². The Morgan fingerprint density at radius 1 is 1.11 bits per heavy atom. The van der Waals surface area contributed by atoms with E-state index in [1.807, 2.05) is 34.9 Å². The topological polar surface area (TPSA) is 56.2 Å². The summed E-state index contributed by atoms with van der Waals surface area (Å²) in [5, 5.41) is 3.21. The number of methoxy groups -OCH3 is 1. The Hall–Kier alpha value is -2.82. The second-order valence-electron chi connectivity index (χ2n) is 7.66. The molecule has 0 radical (unpaired) electrons. The average molecular weight is 377 g/mol. The fraction of sp³-hybridized carbons (Fsp3) is 0.391. The van der Waals surface area contributed by atoms with Gasteiger partial charge in [0, 0.05) is 11.6 Å². The number of aryl methyl sites for hydroxylation is 1. The summed E-state index contributed by atoms with van der Waals surface area (Å²) in [4.78, 5) is 17.3. The Labute approximate surface area is 165 Å². The maximum absolute atomic E-state index is 12.7. The minimum absolute atomic E-state index is 0.00325. The van der Waals surface area contributed by atoms with E-state index < -0.39 is 0 Å². The summed E-state index contributed by atoms with van der Waals surface area (Å²) in [6.45, 7) is 2.05. The van der Waals surface area contributed by atoms with E-state index in [2.05, 4.69) is 23.3 Å². The highest BCUT2D eigenvalue weighted by Gasteiger charge is 2.17. The molecule has 0 aliphatic heterocycles. The molecule has 1 heterocycles. The molecule has 5 heteroatoms. The van der Waals surface area contributed by atoms with Crippen LogP contribution < -0.4 is 10.1 Å². The second-order valence-corrected chi connectivity index (χ2v) is 7.66. The molecule has 4 rings (SSSR count). The first kappa shape index (κ1) is 18.5. The van der Waals surface area contributed by atoms with Crippen LogP contribution in [0.15, 0.2) is 42.7 Å². The standard InChI is InChI=1S/C23H27N3O2/c1-16-9-12-22(28-2)21(13-16)26-15-24-19-14-17(10-11-20(19)26)23(27)25-18-7-5-3-4-6-8-18/h9-15,18H,3-8H2,1-2H3,(H,25,27). The molecule has 0 spiro atoms. The Kier molecular flexibility index (Phi) is 5.33. The highest BCUT2D eigenvalue weighted by Crippen LogP contribution is 2.28. The van der Waals surface area contributed by atoms with E-state index >= 15 is 0 Å². The molecule has 0 bridgehead atoms. The van der Waals surface area contributed by atoms with E-state index in [0.29, 0.717) is 11.6 Å². The smallest absolute Gasteiger partial charge is 0.251 e. The number of nitrogens with one attached hydrogen (secondary N) is 1. The van der Waals surface area contributed by atoms with Crippen molar-refractivity contribution in [1.82, 2.24) is 14.9 Å². The monoisotopic (exact) mass is 377 g/mol. The van der Waals surface area contributed by atoms with Crippen LogP contribution in [0.25, 0.3) is 16.7 Å². The normalized spacial score (nSPS) is 15.4. The Morgan fingerprint density at radius 3 is 2.64 bits per heavy atom. The summed E-state index contributed by atoms with van der Waals surface area (Å²) in [7, 11) is 1.67. The van der Waals surface area contributed by atoms with Crippen LogP contribution in [0.3, 0.4) is 0 Å². The molecular weight excluding hydrogens is 350 g/mol. The number of hydrogen-bond acceptors (Lipinski definition) is 3. The number of nitrogens with zero attached hydrogens (tertiary/aromatic N) is 2. The van der Waals surface area contributed by atoms with Crippen LogP contribution in [0.1, 0.15) is 54.4 Å². The summed E-state index contributed by atoms with van der Waals surface area (Å²) < 4.78 is 7.53. The molecule has 5 nitrogen and oxygen atoms in total. The SMILES string of the molecule is COc1ccc(C)cc1-n1cnc2cc(C(=O)NC3CCCCCC3)ccc21. The minimum Gasteiger partial charge on any atom is -0.495 e. The summed E-state index contributed by atoms with van der Waals surface area (Å²) in [6, 6.07) is 12.1. The van der Waals surface area contributed by atoms with Crippen molar-refractivity contribution in [3.8, 4) is 11.4 Å². The van der Waals surface area contributed by atoms with Gasteiger partial charge in [0.2, 0.25) is 0 Å². The van der Waals surface area contributed by atoms with Crippen molar-refractivity contribution < 1.29 is 9.53 Å². The molecule has 3 aromatic rings. The van der Waals surface area contributed by atoms with Crippen molar-refractivity contribution in [3.05, 3.63) is 53.9 Å². The Bertz CT molecular complexity index is 985. The third kappa shape index (κ3) is 3.75. The number of hydrogen-bond donors (Lipinski definition) is 1. The van der Waals surface area contributed by atoms with Crippen LogP contribution in [0.2, 0.25) is 0 Å². The summed E-state index contributed by atoms with van der Waals surface area (Å²) >= 11 is 0. The highest BCUT2D eigenvalue weighted by molar-refractivity contribution is 5.97. The first-order valence-corrected chi connectivity index (χ1v) is 10.1. The lowest BCUT2D eigenvalue weighted by Crippen LogP contribution is -2.34. The van der Waals surface area contributed by atoms with Gasteiger partial charge >= 0.3 is 0 Å². The molecule has 0 atom stereocenters. The van der Waals surface area contributed by atoms with Gasteiger partial charge in [-0.05, 0) is 55.7 Å². The molecule has 28 heavy (non-hydrogen) atoms. The number of benzene rings is 2. The molecule has 1 aliphatic carbocycles. The lowest BCUT2D eigenvalue weighted by molar-refractivity contribution is 0.0933. The van der Waals surface area contributed by atoms with Crippen molar-refractivity contribution in [2.45, 2.75) is 51.5 Å². The van der Waals surface area contributed by atoms with E-state index in [0.717, 1.165) is 40.9 Å². The number of carbonyl (C=O) groups excluding carboxylic acids is 1. The number of aromatic nitrogens is 2. The molecule has 1 N–H and O–H groups in total. The third-order valence-electron chi connectivity index (χ3n) is 5.59. The van der Waals surface area contributed by atoms with Gasteiger partial charge in [-0.3, -0.25) is 9.36 Å². The lowest BCUT2D eigenvalue weighted by Gasteiger charge is -2.16. The molecule has 0 unspecified atom stereocenters. The maximum Gasteiger partial charge on any atom is 0.251 e. The van der Waals surface area contributed by atoms with Crippen LogP contribution in [0.5, 0.6) is 5.75 Å². The van der Waals surface area contributed by atoms with Crippen LogP contribution >= 0.6 is 0 Å². The van der Waals surface area contributed by atoms with Crippen LogP contribution in [-0.4, -0.2) is 28.6 Å². The predicted molar refractivity (Wildman–Crippen MR) is 111 cm³/mol. The summed E-state index contributed by atoms with van der Waals surface area (Å²) in [6.07, 6.45) is 8.90. The van der Waals surface area contributed by atoms with Crippen molar-refractivity contribution in [2.75, 3.05) is 7.11 Å². The Morgan fingerprint density at radius 2 is 1.89 bits per heavy atom. The van der Waals surface area contributed by atoms with Gasteiger partial charge in [-0.15, -0.1) is 0 Å². The molecule has 1 amide bonds. The molecule has 0 saturated heterocycles. The fourth-order valence-corrected chi connectivity index (χ4v) is 4.03. The number of amides is 1. The average Bonchev–Trinajstić information content (AvgIpc) is 2.96. The molecule has 1 fully saturated rings. The zero-order chi connectivity index (χ0) is 19.5. The highest BCUT2D eigenvalue weighted by atomic mass is 16.5. The van der Waals surface area contributed by atoms with Crippen LogP contribution in [0, 0.1) is 6.92 Å². The maximum atomic E-state index is 12.7. The zero-order valence-corrected chi connectivity index (χ0v) is 16.6. The summed E-state index contributed by atoms with van der Waals surface area (Å²) in [5.74, 6) is 0.788. The van der Waals surface area contributed by atoms with Gasteiger partial charge in [-0.2, -0.15) is 0 Å². The van der Waals surface area contributed by atoms with Crippen molar-refractivity contribution >= 4 is 16.9 Å². The van der Waals surface area contributed by atoms with Crippen molar-refractivity contribution in [2.24, 2.45) is 0 Å². The van der Waals surface area contributed by atoms with Crippen molar-refractivity contribution in [1.29, 1.82) is 0 Å². The van der Waals surface area contributed by atoms with Gasteiger partial charge in [0.15, 0.2) is 0 Å². The molecule has 1 aromatic heterocycles. The van der Waals surface area contributed by atoms with Gasteiger partial charge in [0.1, 0.15) is 12.1 Å². The summed E-state index contributed by atoms with van der Waals surface area (Å²) in [5.41, 5.74) is 4.52. The molecule has 146 valence electrons. The van der Waals surface area contributed by atoms with Gasteiger partial charge in [-0.25, -0.2) is 4.98 Å². The molecule has 1 saturated carbocycles. The van der Waals surface area contributed by atoms with Gasteiger partial charge in [0.25, 0.3) is 5.91 Å². The minimum atomic E-state index is -0.00325. The van der Waals surface area contributed by atoms with Gasteiger partial charge in [-0.1, -0.05) is 31.7 Å². The number of carbonyl (C=O) groups is 1. The number of ether oxygens (including phenoxy) is 1. The van der Waals surface area contributed by atoms with Gasteiger partial charge < -0.3 is 10.1 Å². The van der Waals surface area contributed by atoms with E-state index in [-0.39, 0.29) is 5.91 Å². The van der Waals surface area contributed by atoms with Gasteiger partial charge in [0.05, 0.1) is 23.8 Å². The van der Waals surface area contributed by atoms with E-state index in [1.54, 1.807) is 13.4 Å². The van der Waals surface area contributed by atoms with E-state index in [1.165, 1.54) is 25.7 Å². The quantitative estimate of drug-likeness (QED) is 0.665. The zero-order valence-electron chi connectivity index (χ0n) is 16.6.